The summed E-state index contributed by atoms with van der Waals surface area (Å²) in [6, 6.07) is 3.04. The minimum Gasteiger partial charge on any atom is -0.357 e. The number of aromatic nitrogens is 1. The Bertz CT molecular complexity index is 522. The first-order valence-corrected chi connectivity index (χ1v) is 7.93. The highest BCUT2D eigenvalue weighted by Gasteiger charge is 2.17. The number of amides is 2. The molecule has 7 nitrogen and oxygen atoms in total. The average molecular weight is 394 g/mol. The third-order valence-electron chi connectivity index (χ3n) is 3.56. The van der Waals surface area contributed by atoms with Crippen LogP contribution in [0.25, 0.3) is 0 Å². The molecule has 0 aromatic carbocycles. The molecule has 1 aromatic heterocycles. The molecular formula is C16H29Cl2N5O2. The molecule has 9 heteroatoms. The normalized spacial score (nSPS) is 11.0. The van der Waals surface area contributed by atoms with Crippen molar-refractivity contribution in [3.63, 3.8) is 0 Å². The van der Waals surface area contributed by atoms with Gasteiger partial charge in [0.15, 0.2) is 0 Å². The smallest absolute Gasteiger partial charge is 0.243 e. The Kier molecular flexibility index (Phi) is 13.1. The third kappa shape index (κ3) is 8.38. The van der Waals surface area contributed by atoms with E-state index in [0.29, 0.717) is 5.69 Å². The Morgan fingerprint density at radius 3 is 2.24 bits per heavy atom. The maximum atomic E-state index is 11.8. The van der Waals surface area contributed by atoms with Crippen LogP contribution in [-0.4, -0.2) is 42.5 Å². The molecule has 1 aromatic rings. The summed E-state index contributed by atoms with van der Waals surface area (Å²) in [7, 11) is 0. The van der Waals surface area contributed by atoms with Gasteiger partial charge in [-0.3, -0.25) is 9.59 Å². The van der Waals surface area contributed by atoms with Gasteiger partial charge in [0.05, 0.1) is 24.5 Å². The van der Waals surface area contributed by atoms with Crippen LogP contribution in [0.1, 0.15) is 27.7 Å². The van der Waals surface area contributed by atoms with Gasteiger partial charge in [0, 0.05) is 13.1 Å². The van der Waals surface area contributed by atoms with Gasteiger partial charge in [-0.2, -0.15) is 0 Å². The van der Waals surface area contributed by atoms with Gasteiger partial charge in [0.1, 0.15) is 5.82 Å². The van der Waals surface area contributed by atoms with Crippen molar-refractivity contribution in [1.82, 2.24) is 10.3 Å². The number of nitrogens with one attached hydrogen (secondary N) is 2. The number of carbonyl (C=O) groups is 2. The van der Waals surface area contributed by atoms with Crippen LogP contribution in [0.2, 0.25) is 0 Å². The average Bonchev–Trinajstić information content (AvgIpc) is 2.54. The molecule has 1 atom stereocenters. The van der Waals surface area contributed by atoms with E-state index in [9.17, 15) is 9.59 Å². The van der Waals surface area contributed by atoms with Gasteiger partial charge in [0.2, 0.25) is 11.8 Å². The predicted molar refractivity (Wildman–Crippen MR) is 107 cm³/mol. The fraction of sp³-hybridized carbons (Fsp3) is 0.562. The van der Waals surface area contributed by atoms with Crippen molar-refractivity contribution in [2.45, 2.75) is 33.7 Å². The van der Waals surface area contributed by atoms with Crippen LogP contribution in [0.5, 0.6) is 0 Å². The van der Waals surface area contributed by atoms with Gasteiger partial charge in [-0.1, -0.05) is 13.8 Å². The van der Waals surface area contributed by atoms with E-state index < -0.39 is 6.04 Å². The van der Waals surface area contributed by atoms with Gasteiger partial charge in [0.25, 0.3) is 0 Å². The summed E-state index contributed by atoms with van der Waals surface area (Å²) < 4.78 is 0. The zero-order chi connectivity index (χ0) is 17.4. The number of pyridine rings is 1. The van der Waals surface area contributed by atoms with Gasteiger partial charge in [-0.05, 0) is 31.9 Å². The molecule has 0 spiro atoms. The topological polar surface area (TPSA) is 100 Å². The van der Waals surface area contributed by atoms with Crippen LogP contribution in [0.15, 0.2) is 18.3 Å². The Labute approximate surface area is 161 Å². The van der Waals surface area contributed by atoms with Crippen molar-refractivity contribution in [3.8, 4) is 0 Å². The standard InChI is InChI=1S/C16H27N5O2.2ClH/c1-5-21(6-2)13-8-7-12(9-18-13)20-14(22)10-19-16(23)15(17)11(3)4;;/h7-9,11,15H,5-6,10,17H2,1-4H3,(H,19,23)(H,20,22);2*1H/t15-;;/m0../s1. The van der Waals surface area contributed by atoms with Crippen LogP contribution in [0, 0.1) is 5.92 Å². The number of rotatable bonds is 8. The number of anilines is 2. The second kappa shape index (κ2) is 12.7. The monoisotopic (exact) mass is 393 g/mol. The summed E-state index contributed by atoms with van der Waals surface area (Å²) in [6.07, 6.45) is 1.60. The highest BCUT2D eigenvalue weighted by molar-refractivity contribution is 5.95. The molecular weight excluding hydrogens is 365 g/mol. The largest absolute Gasteiger partial charge is 0.357 e. The van der Waals surface area contributed by atoms with Gasteiger partial charge < -0.3 is 21.3 Å². The first kappa shape index (κ1) is 25.7. The molecule has 25 heavy (non-hydrogen) atoms. The van der Waals surface area contributed by atoms with E-state index in [2.05, 4.69) is 34.4 Å². The Morgan fingerprint density at radius 1 is 1.20 bits per heavy atom. The fourth-order valence-corrected chi connectivity index (χ4v) is 1.99. The maximum Gasteiger partial charge on any atom is 0.243 e. The molecule has 0 fully saturated rings. The lowest BCUT2D eigenvalue weighted by Gasteiger charge is -2.19. The van der Waals surface area contributed by atoms with Crippen molar-refractivity contribution >= 4 is 48.1 Å². The van der Waals surface area contributed by atoms with Gasteiger partial charge in [-0.25, -0.2) is 4.98 Å². The molecule has 0 unspecified atom stereocenters. The molecule has 0 aliphatic heterocycles. The van der Waals surface area contributed by atoms with Crippen molar-refractivity contribution < 1.29 is 9.59 Å². The summed E-state index contributed by atoms with van der Waals surface area (Å²) in [5, 5.41) is 5.22. The fourth-order valence-electron chi connectivity index (χ4n) is 1.99. The van der Waals surface area contributed by atoms with Crippen LogP contribution in [0.3, 0.4) is 0 Å². The molecule has 0 radical (unpaired) electrons. The minimum atomic E-state index is -0.613. The molecule has 1 heterocycles. The Hall–Kier alpha value is -1.57. The first-order valence-electron chi connectivity index (χ1n) is 7.93. The summed E-state index contributed by atoms with van der Waals surface area (Å²) in [6.45, 7) is 9.46. The van der Waals surface area contributed by atoms with Crippen LogP contribution < -0.4 is 21.3 Å². The van der Waals surface area contributed by atoms with Crippen molar-refractivity contribution in [1.29, 1.82) is 0 Å². The molecule has 144 valence electrons. The summed E-state index contributed by atoms with van der Waals surface area (Å²) in [4.78, 5) is 30.0. The lowest BCUT2D eigenvalue weighted by atomic mass is 10.1. The number of hydrogen-bond acceptors (Lipinski definition) is 5. The molecule has 4 N–H and O–H groups in total. The summed E-state index contributed by atoms with van der Waals surface area (Å²) >= 11 is 0. The van der Waals surface area contributed by atoms with Crippen molar-refractivity contribution in [3.05, 3.63) is 18.3 Å². The molecule has 0 aliphatic carbocycles. The third-order valence-corrected chi connectivity index (χ3v) is 3.56. The van der Waals surface area contributed by atoms with E-state index in [1.165, 1.54) is 0 Å². The number of halogens is 2. The quantitative estimate of drug-likeness (QED) is 0.625. The molecule has 2 amide bonds. The van der Waals surface area contributed by atoms with E-state index >= 15 is 0 Å². The molecule has 0 aliphatic rings. The number of nitrogens with zero attached hydrogens (tertiary/aromatic N) is 2. The van der Waals surface area contributed by atoms with Crippen LogP contribution in [-0.2, 0) is 9.59 Å². The zero-order valence-electron chi connectivity index (χ0n) is 15.1. The van der Waals surface area contributed by atoms with Crippen LogP contribution in [0.4, 0.5) is 11.5 Å². The molecule has 1 rings (SSSR count). The van der Waals surface area contributed by atoms with E-state index in [1.807, 2.05) is 19.9 Å². The number of carbonyl (C=O) groups excluding carboxylic acids is 2. The maximum absolute atomic E-state index is 11.8. The van der Waals surface area contributed by atoms with Gasteiger partial charge >= 0.3 is 0 Å². The molecule has 0 bridgehead atoms. The second-order valence-corrected chi connectivity index (χ2v) is 5.61. The lowest BCUT2D eigenvalue weighted by Crippen LogP contribution is -2.46. The first-order chi connectivity index (χ1) is 10.9. The highest BCUT2D eigenvalue weighted by Crippen LogP contribution is 2.13. The van der Waals surface area contributed by atoms with Crippen molar-refractivity contribution in [2.75, 3.05) is 29.9 Å². The van der Waals surface area contributed by atoms with Crippen LogP contribution >= 0.6 is 24.8 Å². The van der Waals surface area contributed by atoms with E-state index in [0.717, 1.165) is 18.9 Å². The van der Waals surface area contributed by atoms with E-state index in [1.54, 1.807) is 12.3 Å². The molecule has 0 saturated carbocycles. The SMILES string of the molecule is CCN(CC)c1ccc(NC(=O)CNC(=O)[C@@H](N)C(C)C)cn1.Cl.Cl. The zero-order valence-corrected chi connectivity index (χ0v) is 16.7. The number of hydrogen-bond donors (Lipinski definition) is 3. The predicted octanol–water partition coefficient (Wildman–Crippen LogP) is 1.81. The second-order valence-electron chi connectivity index (χ2n) is 5.61. The minimum absolute atomic E-state index is 0. The summed E-state index contributed by atoms with van der Waals surface area (Å²) in [5.41, 5.74) is 6.30. The van der Waals surface area contributed by atoms with E-state index in [-0.39, 0.29) is 49.1 Å². The Balaban J connectivity index is 0. The lowest BCUT2D eigenvalue weighted by molar-refractivity contribution is -0.125. The van der Waals surface area contributed by atoms with E-state index in [4.69, 9.17) is 5.73 Å². The van der Waals surface area contributed by atoms with Crippen molar-refractivity contribution in [2.24, 2.45) is 11.7 Å². The summed E-state index contributed by atoms with van der Waals surface area (Å²) in [5.74, 6) is 0.246. The highest BCUT2D eigenvalue weighted by atomic mass is 35.5. The molecule has 0 saturated heterocycles. The Morgan fingerprint density at radius 2 is 1.80 bits per heavy atom. The van der Waals surface area contributed by atoms with Gasteiger partial charge in [-0.15, -0.1) is 24.8 Å². The number of nitrogens with two attached hydrogens (primary N) is 1.